The minimum atomic E-state index is 0.601. The van der Waals surface area contributed by atoms with Crippen LogP contribution in [0.2, 0.25) is 0 Å². The summed E-state index contributed by atoms with van der Waals surface area (Å²) in [6, 6.07) is 4.94. The van der Waals surface area contributed by atoms with Crippen LogP contribution in [0.5, 0.6) is 5.75 Å². The largest absolute Gasteiger partial charge is 0.495 e. The summed E-state index contributed by atoms with van der Waals surface area (Å²) in [6.07, 6.45) is 3.93. The predicted molar refractivity (Wildman–Crippen MR) is 81.4 cm³/mol. The molecular weight excluding hydrogens is 236 g/mol. The molecule has 1 N–H and O–H groups in total. The number of rotatable bonds is 4. The van der Waals surface area contributed by atoms with E-state index < -0.39 is 0 Å². The highest BCUT2D eigenvalue weighted by Gasteiger charge is 2.18. The molecule has 1 aliphatic rings. The van der Waals surface area contributed by atoms with Gasteiger partial charge in [-0.2, -0.15) is 0 Å². The van der Waals surface area contributed by atoms with Crippen molar-refractivity contribution in [3.8, 4) is 5.75 Å². The Morgan fingerprint density at radius 2 is 2.11 bits per heavy atom. The first-order chi connectivity index (χ1) is 9.11. The number of likely N-dealkylation sites (N-methyl/N-ethyl adjacent to an activating group) is 1. The molecule has 106 valence electrons. The third-order valence-electron chi connectivity index (χ3n) is 3.92. The average Bonchev–Trinajstić information content (AvgIpc) is 2.38. The number of piperidine rings is 1. The Hall–Kier alpha value is -1.22. The highest BCUT2D eigenvalue weighted by Crippen LogP contribution is 2.32. The lowest BCUT2D eigenvalue weighted by Crippen LogP contribution is -2.42. The normalized spacial score (nSPS) is 19.3. The van der Waals surface area contributed by atoms with Gasteiger partial charge in [0.1, 0.15) is 5.75 Å². The van der Waals surface area contributed by atoms with Crippen LogP contribution < -0.4 is 15.0 Å². The number of ether oxygens (including phenoxy) is 1. The second-order valence-corrected chi connectivity index (χ2v) is 5.66. The smallest absolute Gasteiger partial charge is 0.142 e. The van der Waals surface area contributed by atoms with Crippen molar-refractivity contribution < 1.29 is 4.74 Å². The molecular formula is C16H26N2O. The van der Waals surface area contributed by atoms with Crippen LogP contribution in [-0.2, 0) is 0 Å². The highest BCUT2D eigenvalue weighted by molar-refractivity contribution is 5.64. The molecule has 0 aliphatic carbocycles. The van der Waals surface area contributed by atoms with Gasteiger partial charge in [0, 0.05) is 19.6 Å². The number of aryl methyl sites for hydroxylation is 2. The van der Waals surface area contributed by atoms with Crippen molar-refractivity contribution in [1.82, 2.24) is 5.32 Å². The van der Waals surface area contributed by atoms with E-state index in [1.807, 2.05) is 0 Å². The fourth-order valence-electron chi connectivity index (χ4n) is 3.07. The monoisotopic (exact) mass is 262 g/mol. The first-order valence-electron chi connectivity index (χ1n) is 7.21. The summed E-state index contributed by atoms with van der Waals surface area (Å²) < 4.78 is 5.56. The number of methoxy groups -OCH3 is 1. The van der Waals surface area contributed by atoms with Gasteiger partial charge in [0.15, 0.2) is 0 Å². The zero-order chi connectivity index (χ0) is 13.8. The number of nitrogens with one attached hydrogen (secondary N) is 1. The SMILES string of the molecule is COc1cc(C)cc(C)c1N(C)CC1CCCCN1. The molecule has 1 saturated heterocycles. The summed E-state index contributed by atoms with van der Waals surface area (Å²) >= 11 is 0. The molecule has 3 nitrogen and oxygen atoms in total. The predicted octanol–water partition coefficient (Wildman–Crippen LogP) is 2.89. The van der Waals surface area contributed by atoms with Crippen molar-refractivity contribution in [1.29, 1.82) is 0 Å². The van der Waals surface area contributed by atoms with Crippen LogP contribution in [0.3, 0.4) is 0 Å². The Balaban J connectivity index is 2.15. The van der Waals surface area contributed by atoms with Crippen molar-refractivity contribution >= 4 is 5.69 Å². The van der Waals surface area contributed by atoms with E-state index in [1.54, 1.807) is 7.11 Å². The van der Waals surface area contributed by atoms with E-state index in [0.29, 0.717) is 6.04 Å². The molecule has 1 aromatic carbocycles. The Morgan fingerprint density at radius 3 is 2.74 bits per heavy atom. The quantitative estimate of drug-likeness (QED) is 0.903. The summed E-state index contributed by atoms with van der Waals surface area (Å²) in [6.45, 7) is 6.47. The van der Waals surface area contributed by atoms with Crippen LogP contribution in [0.15, 0.2) is 12.1 Å². The van der Waals surface area contributed by atoms with E-state index in [-0.39, 0.29) is 0 Å². The molecule has 2 rings (SSSR count). The van der Waals surface area contributed by atoms with Gasteiger partial charge >= 0.3 is 0 Å². The van der Waals surface area contributed by atoms with Crippen LogP contribution >= 0.6 is 0 Å². The van der Waals surface area contributed by atoms with Crippen LogP contribution in [-0.4, -0.2) is 33.3 Å². The lowest BCUT2D eigenvalue weighted by atomic mass is 10.0. The van der Waals surface area contributed by atoms with Gasteiger partial charge in [-0.25, -0.2) is 0 Å². The average molecular weight is 262 g/mol. The molecule has 0 bridgehead atoms. The molecule has 0 radical (unpaired) electrons. The molecule has 19 heavy (non-hydrogen) atoms. The molecule has 3 heteroatoms. The van der Waals surface area contributed by atoms with Gasteiger partial charge in [0.05, 0.1) is 12.8 Å². The molecule has 0 aromatic heterocycles. The summed E-state index contributed by atoms with van der Waals surface area (Å²) in [5.41, 5.74) is 3.76. The van der Waals surface area contributed by atoms with Crippen LogP contribution in [0.1, 0.15) is 30.4 Å². The zero-order valence-electron chi connectivity index (χ0n) is 12.6. The molecule has 1 aliphatic heterocycles. The summed E-state index contributed by atoms with van der Waals surface area (Å²) in [5.74, 6) is 0.982. The van der Waals surface area contributed by atoms with Gasteiger partial charge in [-0.1, -0.05) is 12.5 Å². The third kappa shape index (κ3) is 3.41. The first-order valence-corrected chi connectivity index (χ1v) is 7.21. The topological polar surface area (TPSA) is 24.5 Å². The van der Waals surface area contributed by atoms with E-state index >= 15 is 0 Å². The van der Waals surface area contributed by atoms with E-state index in [2.05, 4.69) is 43.2 Å². The van der Waals surface area contributed by atoms with Crippen molar-refractivity contribution in [2.24, 2.45) is 0 Å². The fraction of sp³-hybridized carbons (Fsp3) is 0.625. The molecule has 1 atom stereocenters. The zero-order valence-corrected chi connectivity index (χ0v) is 12.6. The molecule has 0 spiro atoms. The van der Waals surface area contributed by atoms with Crippen molar-refractivity contribution in [2.75, 3.05) is 32.1 Å². The van der Waals surface area contributed by atoms with Gasteiger partial charge in [-0.15, -0.1) is 0 Å². The Morgan fingerprint density at radius 1 is 1.32 bits per heavy atom. The molecule has 1 heterocycles. The van der Waals surface area contributed by atoms with Gasteiger partial charge in [0.2, 0.25) is 0 Å². The Bertz CT molecular complexity index is 425. The highest BCUT2D eigenvalue weighted by atomic mass is 16.5. The van der Waals surface area contributed by atoms with Crippen molar-refractivity contribution in [3.63, 3.8) is 0 Å². The molecule has 1 unspecified atom stereocenters. The number of hydrogen-bond donors (Lipinski definition) is 1. The number of benzene rings is 1. The minimum absolute atomic E-state index is 0.601. The third-order valence-corrected chi connectivity index (χ3v) is 3.92. The van der Waals surface area contributed by atoms with E-state index in [1.165, 1.54) is 36.1 Å². The second-order valence-electron chi connectivity index (χ2n) is 5.66. The lowest BCUT2D eigenvalue weighted by Gasteiger charge is -2.31. The molecule has 0 amide bonds. The Labute approximate surface area is 116 Å². The van der Waals surface area contributed by atoms with Gasteiger partial charge in [0.25, 0.3) is 0 Å². The maximum Gasteiger partial charge on any atom is 0.142 e. The summed E-state index contributed by atoms with van der Waals surface area (Å²) in [5, 5.41) is 3.61. The van der Waals surface area contributed by atoms with Crippen molar-refractivity contribution in [3.05, 3.63) is 23.3 Å². The van der Waals surface area contributed by atoms with Gasteiger partial charge in [-0.05, 0) is 50.4 Å². The van der Waals surface area contributed by atoms with E-state index in [4.69, 9.17) is 4.74 Å². The number of hydrogen-bond acceptors (Lipinski definition) is 3. The minimum Gasteiger partial charge on any atom is -0.495 e. The number of anilines is 1. The summed E-state index contributed by atoms with van der Waals surface area (Å²) in [7, 11) is 3.92. The van der Waals surface area contributed by atoms with Gasteiger partial charge in [-0.3, -0.25) is 0 Å². The molecule has 1 aromatic rings. The summed E-state index contributed by atoms with van der Waals surface area (Å²) in [4.78, 5) is 2.33. The Kier molecular flexibility index (Phi) is 4.70. The second kappa shape index (κ2) is 6.29. The molecule has 1 fully saturated rings. The fourth-order valence-corrected chi connectivity index (χ4v) is 3.07. The first kappa shape index (κ1) is 14.2. The van der Waals surface area contributed by atoms with Gasteiger partial charge < -0.3 is 15.0 Å². The molecule has 0 saturated carbocycles. The van der Waals surface area contributed by atoms with Crippen molar-refractivity contribution in [2.45, 2.75) is 39.2 Å². The maximum absolute atomic E-state index is 5.56. The maximum atomic E-state index is 5.56. The van der Waals surface area contributed by atoms with Crippen LogP contribution in [0.4, 0.5) is 5.69 Å². The van der Waals surface area contributed by atoms with Crippen LogP contribution in [0.25, 0.3) is 0 Å². The van der Waals surface area contributed by atoms with Crippen LogP contribution in [0, 0.1) is 13.8 Å². The lowest BCUT2D eigenvalue weighted by molar-refractivity contribution is 0.396. The van der Waals surface area contributed by atoms with E-state index in [9.17, 15) is 0 Å². The van der Waals surface area contributed by atoms with E-state index in [0.717, 1.165) is 18.8 Å². The standard InChI is InChI=1S/C16H26N2O/c1-12-9-13(2)16(15(10-12)19-4)18(3)11-14-7-5-6-8-17-14/h9-10,14,17H,5-8,11H2,1-4H3. The number of nitrogens with zero attached hydrogens (tertiary/aromatic N) is 1.